The van der Waals surface area contributed by atoms with Crippen molar-refractivity contribution in [3.05, 3.63) is 58.1 Å². The molecule has 164 valence electrons. The van der Waals surface area contributed by atoms with Gasteiger partial charge in [0, 0.05) is 10.6 Å². The van der Waals surface area contributed by atoms with Crippen LogP contribution in [0.15, 0.2) is 36.4 Å². The van der Waals surface area contributed by atoms with Crippen molar-refractivity contribution >= 4 is 11.6 Å². The maximum Gasteiger partial charge on any atom is 0.126 e. The predicted molar refractivity (Wildman–Crippen MR) is 111 cm³/mol. The van der Waals surface area contributed by atoms with E-state index in [2.05, 4.69) is 0 Å². The highest BCUT2D eigenvalue weighted by Gasteiger charge is 2.47. The Kier molecular flexibility index (Phi) is 7.57. The molecule has 4 N–H and O–H groups in total. The van der Waals surface area contributed by atoms with Crippen LogP contribution in [0.4, 0.5) is 0 Å². The van der Waals surface area contributed by atoms with Gasteiger partial charge in [-0.05, 0) is 48.7 Å². The van der Waals surface area contributed by atoms with Gasteiger partial charge >= 0.3 is 0 Å². The number of rotatable bonds is 8. The van der Waals surface area contributed by atoms with E-state index in [9.17, 15) is 20.4 Å². The first-order valence-corrected chi connectivity index (χ1v) is 10.2. The lowest BCUT2D eigenvalue weighted by molar-refractivity contribution is -0.0823. The van der Waals surface area contributed by atoms with Crippen LogP contribution < -0.4 is 9.47 Å². The first-order valence-electron chi connectivity index (χ1n) is 9.78. The Bertz CT molecular complexity index is 842. The van der Waals surface area contributed by atoms with Crippen molar-refractivity contribution < 1.29 is 34.6 Å². The van der Waals surface area contributed by atoms with E-state index in [1.165, 1.54) is 7.11 Å². The molecule has 30 heavy (non-hydrogen) atoms. The zero-order valence-corrected chi connectivity index (χ0v) is 17.6. The number of methoxy groups -OCH3 is 1. The van der Waals surface area contributed by atoms with Crippen LogP contribution in [-0.2, 0) is 11.2 Å². The summed E-state index contributed by atoms with van der Waals surface area (Å²) in [5.74, 6) is 1.18. The number of aliphatic hydroxyl groups is 4. The molecule has 1 aliphatic heterocycles. The molecule has 0 unspecified atom stereocenters. The molecular weight excluding hydrogens is 412 g/mol. The van der Waals surface area contributed by atoms with Crippen LogP contribution in [0.1, 0.15) is 29.7 Å². The van der Waals surface area contributed by atoms with Crippen molar-refractivity contribution in [2.45, 2.75) is 43.9 Å². The third-order valence-corrected chi connectivity index (χ3v) is 5.55. The lowest BCUT2D eigenvalue weighted by Crippen LogP contribution is -2.40. The second-order valence-electron chi connectivity index (χ2n) is 7.19. The Morgan fingerprint density at radius 3 is 2.43 bits per heavy atom. The lowest BCUT2D eigenvalue weighted by Gasteiger charge is -2.21. The maximum absolute atomic E-state index is 10.5. The maximum atomic E-state index is 10.5. The van der Waals surface area contributed by atoms with Crippen LogP contribution in [0.25, 0.3) is 0 Å². The number of ether oxygens (including phenoxy) is 3. The van der Waals surface area contributed by atoms with Gasteiger partial charge in [0.2, 0.25) is 0 Å². The van der Waals surface area contributed by atoms with Crippen molar-refractivity contribution in [1.29, 1.82) is 0 Å². The molecule has 0 aliphatic carbocycles. The van der Waals surface area contributed by atoms with Crippen LogP contribution >= 0.6 is 11.6 Å². The fraction of sp³-hybridized carbons (Fsp3) is 0.455. The Balaban J connectivity index is 1.90. The molecular formula is C22H27ClO7. The van der Waals surface area contributed by atoms with Crippen LogP contribution in [0.3, 0.4) is 0 Å². The minimum Gasteiger partial charge on any atom is -0.496 e. The summed E-state index contributed by atoms with van der Waals surface area (Å²) in [7, 11) is 1.47. The standard InChI is InChI=1S/C22H27ClO7/c1-3-29-14-6-4-12(5-7-14)8-13-9-15(18(28-2)10-16(13)23)21-19(26)20(27)22(30-21)17(25)11-24/h4-7,9-10,17,19-22,24-27H,3,8,11H2,1-2H3/t17-,19+,20+,21-,22+/m0/s1. The SMILES string of the molecule is CCOc1ccc(Cc2cc([C@@H]3O[C@H]([C@@H](O)CO)[C@H](O)[C@H]3O)c(OC)cc2Cl)cc1. The largest absolute Gasteiger partial charge is 0.496 e. The molecule has 8 heteroatoms. The van der Waals surface area contributed by atoms with E-state index in [1.54, 1.807) is 12.1 Å². The molecule has 5 atom stereocenters. The van der Waals surface area contributed by atoms with Crippen LogP contribution in [0.5, 0.6) is 11.5 Å². The van der Waals surface area contributed by atoms with E-state index in [0.717, 1.165) is 16.9 Å². The molecule has 0 spiro atoms. The van der Waals surface area contributed by atoms with Gasteiger partial charge in [-0.1, -0.05) is 23.7 Å². The molecule has 1 fully saturated rings. The zero-order chi connectivity index (χ0) is 21.8. The quantitative estimate of drug-likeness (QED) is 0.498. The first-order chi connectivity index (χ1) is 14.4. The Labute approximate surface area is 180 Å². The molecule has 1 aliphatic rings. The minimum absolute atomic E-state index is 0.394. The summed E-state index contributed by atoms with van der Waals surface area (Å²) in [5.41, 5.74) is 2.30. The highest BCUT2D eigenvalue weighted by Crippen LogP contribution is 2.41. The number of hydrogen-bond donors (Lipinski definition) is 4. The smallest absolute Gasteiger partial charge is 0.126 e. The van der Waals surface area contributed by atoms with E-state index < -0.39 is 37.1 Å². The van der Waals surface area contributed by atoms with Gasteiger partial charge in [-0.15, -0.1) is 0 Å². The van der Waals surface area contributed by atoms with Gasteiger partial charge in [0.1, 0.15) is 42.0 Å². The molecule has 0 amide bonds. The molecule has 0 bridgehead atoms. The van der Waals surface area contributed by atoms with Crippen molar-refractivity contribution in [2.24, 2.45) is 0 Å². The molecule has 1 saturated heterocycles. The topological polar surface area (TPSA) is 109 Å². The fourth-order valence-corrected chi connectivity index (χ4v) is 3.85. The Morgan fingerprint density at radius 2 is 1.83 bits per heavy atom. The van der Waals surface area contributed by atoms with Gasteiger partial charge in [-0.25, -0.2) is 0 Å². The second kappa shape index (κ2) is 9.96. The molecule has 2 aromatic carbocycles. The van der Waals surface area contributed by atoms with Gasteiger partial charge in [-0.3, -0.25) is 0 Å². The third kappa shape index (κ3) is 4.72. The minimum atomic E-state index is -1.35. The van der Waals surface area contributed by atoms with Crippen molar-refractivity contribution in [2.75, 3.05) is 20.3 Å². The Morgan fingerprint density at radius 1 is 1.13 bits per heavy atom. The van der Waals surface area contributed by atoms with Crippen molar-refractivity contribution in [3.63, 3.8) is 0 Å². The molecule has 2 aromatic rings. The third-order valence-electron chi connectivity index (χ3n) is 5.20. The average molecular weight is 439 g/mol. The fourth-order valence-electron chi connectivity index (χ4n) is 3.63. The van der Waals surface area contributed by atoms with Gasteiger partial charge in [0.05, 0.1) is 20.3 Å². The summed E-state index contributed by atoms with van der Waals surface area (Å²) in [6.07, 6.45) is -5.52. The zero-order valence-electron chi connectivity index (χ0n) is 16.9. The van der Waals surface area contributed by atoms with Crippen molar-refractivity contribution in [3.8, 4) is 11.5 Å². The highest BCUT2D eigenvalue weighted by molar-refractivity contribution is 6.31. The summed E-state index contributed by atoms with van der Waals surface area (Å²) < 4.78 is 16.6. The van der Waals surface area contributed by atoms with E-state index in [-0.39, 0.29) is 0 Å². The summed E-state index contributed by atoms with van der Waals surface area (Å²) in [6, 6.07) is 11.1. The Hall–Kier alpha value is -1.87. The number of benzene rings is 2. The van der Waals surface area contributed by atoms with Crippen LogP contribution in [-0.4, -0.2) is 65.2 Å². The molecule has 3 rings (SSSR count). The normalized spacial score (nSPS) is 24.6. The van der Waals surface area contributed by atoms with Crippen LogP contribution in [0, 0.1) is 0 Å². The highest BCUT2D eigenvalue weighted by atomic mass is 35.5. The van der Waals surface area contributed by atoms with E-state index in [0.29, 0.717) is 29.4 Å². The van der Waals surface area contributed by atoms with Crippen LogP contribution in [0.2, 0.25) is 5.02 Å². The molecule has 7 nitrogen and oxygen atoms in total. The van der Waals surface area contributed by atoms with E-state index >= 15 is 0 Å². The lowest BCUT2D eigenvalue weighted by atomic mass is 9.95. The monoisotopic (exact) mass is 438 g/mol. The first kappa shape index (κ1) is 22.8. The molecule has 1 heterocycles. The van der Waals surface area contributed by atoms with Gasteiger partial charge in [0.15, 0.2) is 0 Å². The molecule has 0 saturated carbocycles. The summed E-state index contributed by atoms with van der Waals surface area (Å²) in [4.78, 5) is 0. The molecule has 0 aromatic heterocycles. The number of halogens is 1. The van der Waals surface area contributed by atoms with E-state index in [1.807, 2.05) is 31.2 Å². The second-order valence-corrected chi connectivity index (χ2v) is 7.60. The summed E-state index contributed by atoms with van der Waals surface area (Å²) in [5, 5.41) is 40.3. The van der Waals surface area contributed by atoms with Gasteiger partial charge < -0.3 is 34.6 Å². The average Bonchev–Trinajstić information content (AvgIpc) is 3.05. The van der Waals surface area contributed by atoms with Crippen molar-refractivity contribution in [1.82, 2.24) is 0 Å². The molecule has 0 radical (unpaired) electrons. The summed E-state index contributed by atoms with van der Waals surface area (Å²) in [6.45, 7) is 1.92. The number of hydrogen-bond acceptors (Lipinski definition) is 7. The van der Waals surface area contributed by atoms with E-state index in [4.69, 9.17) is 25.8 Å². The number of aliphatic hydroxyl groups excluding tert-OH is 4. The summed E-state index contributed by atoms with van der Waals surface area (Å²) >= 11 is 6.45. The van der Waals surface area contributed by atoms with Gasteiger partial charge in [0.25, 0.3) is 0 Å². The predicted octanol–water partition coefficient (Wildman–Crippen LogP) is 1.85. The van der Waals surface area contributed by atoms with Gasteiger partial charge in [-0.2, -0.15) is 0 Å².